The molecule has 0 aromatic rings. The monoisotopic (exact) mass is 224 g/mol. The Balaban J connectivity index is 1.89. The summed E-state index contributed by atoms with van der Waals surface area (Å²) in [4.78, 5) is 14.2. The summed E-state index contributed by atoms with van der Waals surface area (Å²) < 4.78 is 0. The molecule has 92 valence electrons. The van der Waals surface area contributed by atoms with Crippen LogP contribution in [0.1, 0.15) is 46.0 Å². The van der Waals surface area contributed by atoms with Gasteiger partial charge in [0.05, 0.1) is 6.04 Å². The molecule has 16 heavy (non-hydrogen) atoms. The highest BCUT2D eigenvalue weighted by atomic mass is 16.2. The van der Waals surface area contributed by atoms with E-state index in [2.05, 4.69) is 24.1 Å². The number of amides is 1. The highest BCUT2D eigenvalue weighted by Crippen LogP contribution is 2.38. The number of likely N-dealkylation sites (tertiary alicyclic amines) is 1. The van der Waals surface area contributed by atoms with E-state index in [0.29, 0.717) is 11.3 Å². The molecule has 1 heterocycles. The summed E-state index contributed by atoms with van der Waals surface area (Å²) in [6.07, 6.45) is 6.26. The van der Waals surface area contributed by atoms with Gasteiger partial charge in [-0.1, -0.05) is 26.7 Å². The largest absolute Gasteiger partial charge is 0.341 e. The van der Waals surface area contributed by atoms with Crippen LogP contribution in [-0.2, 0) is 4.79 Å². The SMILES string of the molecule is CCNC1CCN(CC2(C)CCCC2)C1=O. The Morgan fingerprint density at radius 1 is 1.44 bits per heavy atom. The molecule has 0 bridgehead atoms. The molecule has 1 saturated heterocycles. The second-order valence-electron chi connectivity index (χ2n) is 5.68. The van der Waals surface area contributed by atoms with Crippen molar-refractivity contribution in [3.63, 3.8) is 0 Å². The molecular formula is C13H24N2O. The normalized spacial score (nSPS) is 29.0. The van der Waals surface area contributed by atoms with Gasteiger partial charge in [0.1, 0.15) is 0 Å². The number of carbonyl (C=O) groups is 1. The second-order valence-corrected chi connectivity index (χ2v) is 5.68. The Bertz CT molecular complexity index is 259. The molecule has 1 aliphatic heterocycles. The van der Waals surface area contributed by atoms with Crippen LogP contribution in [0.3, 0.4) is 0 Å². The summed E-state index contributed by atoms with van der Waals surface area (Å²) in [6, 6.07) is 0.0926. The maximum atomic E-state index is 12.1. The number of likely N-dealkylation sites (N-methyl/N-ethyl adjacent to an activating group) is 1. The predicted molar refractivity (Wildman–Crippen MR) is 65.2 cm³/mol. The van der Waals surface area contributed by atoms with Crippen LogP contribution in [0.15, 0.2) is 0 Å². The second kappa shape index (κ2) is 4.74. The van der Waals surface area contributed by atoms with Crippen molar-refractivity contribution in [2.75, 3.05) is 19.6 Å². The first kappa shape index (κ1) is 11.9. The molecule has 0 spiro atoms. The lowest BCUT2D eigenvalue weighted by molar-refractivity contribution is -0.130. The van der Waals surface area contributed by atoms with Crippen LogP contribution in [0.25, 0.3) is 0 Å². The zero-order valence-corrected chi connectivity index (χ0v) is 10.6. The van der Waals surface area contributed by atoms with Crippen molar-refractivity contribution in [1.29, 1.82) is 0 Å². The van der Waals surface area contributed by atoms with E-state index in [0.717, 1.165) is 26.1 Å². The van der Waals surface area contributed by atoms with Crippen LogP contribution >= 0.6 is 0 Å². The van der Waals surface area contributed by atoms with Gasteiger partial charge < -0.3 is 10.2 Å². The molecule has 2 aliphatic rings. The van der Waals surface area contributed by atoms with E-state index in [-0.39, 0.29) is 6.04 Å². The summed E-state index contributed by atoms with van der Waals surface area (Å²) in [6.45, 7) is 7.23. The summed E-state index contributed by atoms with van der Waals surface area (Å²) in [5.74, 6) is 0.329. The van der Waals surface area contributed by atoms with Crippen molar-refractivity contribution in [2.45, 2.75) is 52.0 Å². The fourth-order valence-corrected chi connectivity index (χ4v) is 3.18. The van der Waals surface area contributed by atoms with Gasteiger partial charge in [0.25, 0.3) is 0 Å². The fourth-order valence-electron chi connectivity index (χ4n) is 3.18. The van der Waals surface area contributed by atoms with Crippen molar-refractivity contribution in [3.8, 4) is 0 Å². The number of rotatable bonds is 4. The van der Waals surface area contributed by atoms with E-state index in [4.69, 9.17) is 0 Å². The Kier molecular flexibility index (Phi) is 3.53. The summed E-state index contributed by atoms with van der Waals surface area (Å²) in [7, 11) is 0. The van der Waals surface area contributed by atoms with Gasteiger partial charge >= 0.3 is 0 Å². The molecule has 2 fully saturated rings. The Morgan fingerprint density at radius 3 is 2.75 bits per heavy atom. The van der Waals surface area contributed by atoms with Gasteiger partial charge in [-0.15, -0.1) is 0 Å². The van der Waals surface area contributed by atoms with Crippen LogP contribution in [0, 0.1) is 5.41 Å². The third-order valence-electron chi connectivity index (χ3n) is 4.13. The quantitative estimate of drug-likeness (QED) is 0.789. The third-order valence-corrected chi connectivity index (χ3v) is 4.13. The molecular weight excluding hydrogens is 200 g/mol. The topological polar surface area (TPSA) is 32.3 Å². The van der Waals surface area contributed by atoms with Gasteiger partial charge in [0.2, 0.25) is 5.91 Å². The Morgan fingerprint density at radius 2 is 2.12 bits per heavy atom. The Labute approximate surface area is 98.6 Å². The lowest BCUT2D eigenvalue weighted by atomic mass is 9.88. The molecule has 1 atom stereocenters. The number of nitrogens with one attached hydrogen (secondary N) is 1. The van der Waals surface area contributed by atoms with Crippen molar-refractivity contribution in [1.82, 2.24) is 10.2 Å². The van der Waals surface area contributed by atoms with Crippen LogP contribution in [0.4, 0.5) is 0 Å². The number of hydrogen-bond donors (Lipinski definition) is 1. The molecule has 0 aromatic carbocycles. The van der Waals surface area contributed by atoms with Crippen molar-refractivity contribution >= 4 is 5.91 Å². The summed E-state index contributed by atoms with van der Waals surface area (Å²) >= 11 is 0. The third kappa shape index (κ3) is 2.40. The van der Waals surface area contributed by atoms with E-state index in [1.807, 2.05) is 0 Å². The number of nitrogens with zero attached hydrogens (tertiary/aromatic N) is 1. The molecule has 0 aromatic heterocycles. The first-order valence-electron chi connectivity index (χ1n) is 6.67. The predicted octanol–water partition coefficient (Wildman–Crippen LogP) is 1.78. The van der Waals surface area contributed by atoms with E-state index in [1.165, 1.54) is 25.7 Å². The highest BCUT2D eigenvalue weighted by Gasteiger charge is 2.37. The minimum Gasteiger partial charge on any atom is -0.341 e. The molecule has 3 nitrogen and oxygen atoms in total. The minimum absolute atomic E-state index is 0.0926. The molecule has 1 saturated carbocycles. The first-order valence-corrected chi connectivity index (χ1v) is 6.67. The van der Waals surface area contributed by atoms with Gasteiger partial charge in [-0.25, -0.2) is 0 Å². The van der Waals surface area contributed by atoms with E-state index in [9.17, 15) is 4.79 Å². The van der Waals surface area contributed by atoms with Crippen LogP contribution < -0.4 is 5.32 Å². The molecule has 0 radical (unpaired) electrons. The van der Waals surface area contributed by atoms with E-state index in [1.54, 1.807) is 0 Å². The first-order chi connectivity index (χ1) is 7.64. The zero-order valence-electron chi connectivity index (χ0n) is 10.6. The van der Waals surface area contributed by atoms with E-state index >= 15 is 0 Å². The van der Waals surface area contributed by atoms with E-state index < -0.39 is 0 Å². The van der Waals surface area contributed by atoms with Crippen molar-refractivity contribution in [2.24, 2.45) is 5.41 Å². The maximum Gasteiger partial charge on any atom is 0.239 e. The highest BCUT2D eigenvalue weighted by molar-refractivity contribution is 5.84. The Hall–Kier alpha value is -0.570. The maximum absolute atomic E-state index is 12.1. The molecule has 1 unspecified atom stereocenters. The van der Waals surface area contributed by atoms with Crippen LogP contribution in [-0.4, -0.2) is 36.5 Å². The summed E-state index contributed by atoms with van der Waals surface area (Å²) in [5, 5.41) is 3.27. The molecule has 3 heteroatoms. The average Bonchev–Trinajstić information content (AvgIpc) is 2.80. The van der Waals surface area contributed by atoms with Crippen molar-refractivity contribution < 1.29 is 4.79 Å². The number of carbonyl (C=O) groups excluding carboxylic acids is 1. The van der Waals surface area contributed by atoms with Gasteiger partial charge in [0.15, 0.2) is 0 Å². The lowest BCUT2D eigenvalue weighted by Gasteiger charge is -2.29. The smallest absolute Gasteiger partial charge is 0.239 e. The van der Waals surface area contributed by atoms with Crippen LogP contribution in [0.2, 0.25) is 0 Å². The van der Waals surface area contributed by atoms with Crippen LogP contribution in [0.5, 0.6) is 0 Å². The van der Waals surface area contributed by atoms with Crippen molar-refractivity contribution in [3.05, 3.63) is 0 Å². The summed E-state index contributed by atoms with van der Waals surface area (Å²) in [5.41, 5.74) is 0.400. The molecule has 1 N–H and O–H groups in total. The average molecular weight is 224 g/mol. The molecule has 1 amide bonds. The van der Waals surface area contributed by atoms with Gasteiger partial charge in [0, 0.05) is 13.1 Å². The zero-order chi connectivity index (χ0) is 11.6. The van der Waals surface area contributed by atoms with Gasteiger partial charge in [-0.2, -0.15) is 0 Å². The minimum atomic E-state index is 0.0926. The standard InChI is InChI=1S/C13H24N2O/c1-3-14-11-6-9-15(12(11)16)10-13(2)7-4-5-8-13/h11,14H,3-10H2,1-2H3. The molecule has 1 aliphatic carbocycles. The molecule has 2 rings (SSSR count). The van der Waals surface area contributed by atoms with Gasteiger partial charge in [-0.3, -0.25) is 4.79 Å². The number of hydrogen-bond acceptors (Lipinski definition) is 2. The lowest BCUT2D eigenvalue weighted by Crippen LogP contribution is -2.41. The van der Waals surface area contributed by atoms with Gasteiger partial charge in [-0.05, 0) is 31.2 Å². The fraction of sp³-hybridized carbons (Fsp3) is 0.923.